The number of piperidine rings is 1. The first-order valence-corrected chi connectivity index (χ1v) is 14.1. The van der Waals surface area contributed by atoms with Crippen molar-refractivity contribution in [2.75, 3.05) is 37.5 Å². The summed E-state index contributed by atoms with van der Waals surface area (Å²) >= 11 is 6.09. The van der Waals surface area contributed by atoms with Gasteiger partial charge in [-0.3, -0.25) is 4.79 Å². The van der Waals surface area contributed by atoms with Gasteiger partial charge in [0.25, 0.3) is 5.91 Å². The second-order valence-corrected chi connectivity index (χ2v) is 9.86. The van der Waals surface area contributed by atoms with E-state index in [1.165, 1.54) is 25.3 Å². The molecular weight excluding hydrogens is 528 g/mol. The summed E-state index contributed by atoms with van der Waals surface area (Å²) in [5, 5.41) is 15.9. The van der Waals surface area contributed by atoms with Gasteiger partial charge < -0.3 is 25.4 Å². The second kappa shape index (κ2) is 15.1. The van der Waals surface area contributed by atoms with Crippen molar-refractivity contribution in [2.45, 2.75) is 45.6 Å². The van der Waals surface area contributed by atoms with Crippen molar-refractivity contribution in [3.05, 3.63) is 82.5 Å². The first kappa shape index (κ1) is 30.8. The van der Waals surface area contributed by atoms with Crippen LogP contribution in [0.5, 0.6) is 5.75 Å². The topological polar surface area (TPSA) is 104 Å². The normalized spacial score (nSPS) is 14.0. The lowest BCUT2D eigenvalue weighted by molar-refractivity contribution is -0.142. The molecule has 1 aliphatic rings. The lowest BCUT2D eigenvalue weighted by atomic mass is 9.91. The Morgan fingerprint density at radius 3 is 2.38 bits per heavy atom. The third-order valence-electron chi connectivity index (χ3n) is 6.93. The van der Waals surface area contributed by atoms with Crippen molar-refractivity contribution in [2.24, 2.45) is 5.92 Å². The molecule has 1 unspecified atom stereocenters. The number of esters is 1. The third-order valence-corrected chi connectivity index (χ3v) is 7.24. The molecule has 4 rings (SSSR count). The van der Waals surface area contributed by atoms with Crippen LogP contribution in [0.15, 0.2) is 60.7 Å². The molecule has 1 fully saturated rings. The lowest BCUT2D eigenvalue weighted by Crippen LogP contribution is -2.43. The number of hydrogen-bond donors (Lipinski definition) is 3. The zero-order valence-corrected chi connectivity index (χ0v) is 24.4. The molecule has 0 bridgehead atoms. The van der Waals surface area contributed by atoms with Crippen molar-refractivity contribution in [1.29, 1.82) is 0 Å². The highest BCUT2D eigenvalue weighted by atomic mass is 35.5. The summed E-state index contributed by atoms with van der Waals surface area (Å²) in [5.41, 5.74) is 3.05. The molecule has 214 valence electrons. The standard InChI is InChI=1S/C29H33ClN4O4.C2H6/c1-31-26-8-3-5-21(32-26)17-20-13-15-34(16-14-20)22-11-9-19(10-12-22)18-24(29(37)38-2)33-28(36)27-23(30)6-4-7-25(27)35;1-2/h3-12,20,24,35H,13-18H2,1-2H3,(H,31,32)(H,33,36);1-2H3. The predicted octanol–water partition coefficient (Wildman–Crippen LogP) is 5.48. The first-order valence-electron chi connectivity index (χ1n) is 13.7. The molecule has 2 aromatic carbocycles. The fourth-order valence-electron chi connectivity index (χ4n) is 4.81. The molecule has 1 atom stereocenters. The van der Waals surface area contributed by atoms with Crippen LogP contribution in [0.4, 0.5) is 11.5 Å². The van der Waals surface area contributed by atoms with E-state index in [0.29, 0.717) is 5.92 Å². The summed E-state index contributed by atoms with van der Waals surface area (Å²) in [4.78, 5) is 32.2. The molecule has 0 saturated carbocycles. The van der Waals surface area contributed by atoms with Crippen LogP contribution in [-0.2, 0) is 22.4 Å². The van der Waals surface area contributed by atoms with E-state index in [-0.39, 0.29) is 22.8 Å². The summed E-state index contributed by atoms with van der Waals surface area (Å²) < 4.78 is 4.90. The molecule has 8 nitrogen and oxygen atoms in total. The number of pyridine rings is 1. The van der Waals surface area contributed by atoms with Gasteiger partial charge in [-0.25, -0.2) is 9.78 Å². The number of hydrogen-bond acceptors (Lipinski definition) is 7. The minimum atomic E-state index is -0.931. The number of carbonyl (C=O) groups is 2. The summed E-state index contributed by atoms with van der Waals surface area (Å²) in [6.45, 7) is 5.94. The minimum absolute atomic E-state index is 0.0765. The number of ether oxygens (including phenoxy) is 1. The molecule has 1 aromatic heterocycles. The van der Waals surface area contributed by atoms with Crippen LogP contribution < -0.4 is 15.5 Å². The van der Waals surface area contributed by atoms with E-state index in [1.807, 2.05) is 57.3 Å². The van der Waals surface area contributed by atoms with Crippen LogP contribution in [0.3, 0.4) is 0 Å². The van der Waals surface area contributed by atoms with E-state index in [1.54, 1.807) is 0 Å². The van der Waals surface area contributed by atoms with E-state index in [9.17, 15) is 14.7 Å². The van der Waals surface area contributed by atoms with Crippen LogP contribution >= 0.6 is 11.6 Å². The Labute approximate surface area is 241 Å². The third kappa shape index (κ3) is 8.11. The van der Waals surface area contributed by atoms with E-state index in [2.05, 4.69) is 26.6 Å². The molecule has 3 aromatic rings. The van der Waals surface area contributed by atoms with Gasteiger partial charge in [0, 0.05) is 37.9 Å². The quantitative estimate of drug-likeness (QED) is 0.295. The number of amides is 1. The fraction of sp³-hybridized carbons (Fsp3) is 0.387. The molecule has 9 heteroatoms. The largest absolute Gasteiger partial charge is 0.507 e. The molecule has 1 aliphatic heterocycles. The molecule has 1 amide bonds. The summed E-state index contributed by atoms with van der Waals surface area (Å²) in [5.74, 6) is 0.0271. The van der Waals surface area contributed by atoms with E-state index >= 15 is 0 Å². The highest BCUT2D eigenvalue weighted by molar-refractivity contribution is 6.34. The van der Waals surface area contributed by atoms with Crippen LogP contribution in [-0.4, -0.2) is 55.3 Å². The van der Waals surface area contributed by atoms with E-state index in [4.69, 9.17) is 16.3 Å². The Kier molecular flexibility index (Phi) is 11.6. The Bertz CT molecular complexity index is 1240. The summed E-state index contributed by atoms with van der Waals surface area (Å²) in [6, 6.07) is 17.6. The number of phenols is 1. The van der Waals surface area contributed by atoms with Crippen molar-refractivity contribution in [1.82, 2.24) is 10.3 Å². The first-order chi connectivity index (χ1) is 19.4. The summed E-state index contributed by atoms with van der Waals surface area (Å²) in [6.07, 6.45) is 3.41. The second-order valence-electron chi connectivity index (χ2n) is 9.45. The van der Waals surface area contributed by atoms with E-state index < -0.39 is 17.9 Å². The smallest absolute Gasteiger partial charge is 0.328 e. The van der Waals surface area contributed by atoms with Gasteiger partial charge in [0.1, 0.15) is 17.6 Å². The minimum Gasteiger partial charge on any atom is -0.507 e. The Balaban J connectivity index is 0.00000216. The zero-order chi connectivity index (χ0) is 29.1. The number of benzene rings is 2. The molecule has 0 aliphatic carbocycles. The average Bonchev–Trinajstić information content (AvgIpc) is 2.98. The van der Waals surface area contributed by atoms with Gasteiger partial charge in [0.15, 0.2) is 0 Å². The number of phenolic OH excluding ortho intramolecular Hbond substituents is 1. The number of rotatable bonds is 9. The molecule has 2 heterocycles. The van der Waals surface area contributed by atoms with Gasteiger partial charge in [0.05, 0.1) is 17.7 Å². The maximum atomic E-state index is 12.8. The Hall–Kier alpha value is -3.78. The van der Waals surface area contributed by atoms with Crippen molar-refractivity contribution >= 4 is 35.0 Å². The zero-order valence-electron chi connectivity index (χ0n) is 23.6. The number of aromatic nitrogens is 1. The predicted molar refractivity (Wildman–Crippen MR) is 160 cm³/mol. The Morgan fingerprint density at radius 2 is 1.75 bits per heavy atom. The number of anilines is 2. The van der Waals surface area contributed by atoms with Crippen LogP contribution in [0.25, 0.3) is 0 Å². The van der Waals surface area contributed by atoms with Crippen LogP contribution in [0, 0.1) is 5.92 Å². The van der Waals surface area contributed by atoms with Gasteiger partial charge >= 0.3 is 5.97 Å². The maximum Gasteiger partial charge on any atom is 0.328 e. The molecular formula is C31H39ClN4O4. The molecule has 0 spiro atoms. The van der Waals surface area contributed by atoms with E-state index in [0.717, 1.165) is 55.1 Å². The van der Waals surface area contributed by atoms with Crippen molar-refractivity contribution in [3.8, 4) is 5.75 Å². The van der Waals surface area contributed by atoms with Gasteiger partial charge in [-0.1, -0.05) is 49.7 Å². The van der Waals surface area contributed by atoms with Crippen LogP contribution in [0.1, 0.15) is 48.3 Å². The maximum absolute atomic E-state index is 12.8. The number of aromatic hydroxyl groups is 1. The number of methoxy groups -OCH3 is 1. The van der Waals surface area contributed by atoms with Crippen LogP contribution in [0.2, 0.25) is 5.02 Å². The molecule has 40 heavy (non-hydrogen) atoms. The number of nitrogens with one attached hydrogen (secondary N) is 2. The van der Waals surface area contributed by atoms with Gasteiger partial charge in [-0.05, 0) is 67.1 Å². The number of nitrogens with zero attached hydrogens (tertiary/aromatic N) is 2. The van der Waals surface area contributed by atoms with Crippen molar-refractivity contribution < 1.29 is 19.4 Å². The van der Waals surface area contributed by atoms with Gasteiger partial charge in [-0.15, -0.1) is 0 Å². The fourth-order valence-corrected chi connectivity index (χ4v) is 5.06. The monoisotopic (exact) mass is 566 g/mol. The molecule has 0 radical (unpaired) electrons. The van der Waals surface area contributed by atoms with Gasteiger partial charge in [0.2, 0.25) is 0 Å². The number of carbonyl (C=O) groups excluding carboxylic acids is 2. The van der Waals surface area contributed by atoms with Crippen molar-refractivity contribution in [3.63, 3.8) is 0 Å². The highest BCUT2D eigenvalue weighted by Crippen LogP contribution is 2.27. The van der Waals surface area contributed by atoms with Gasteiger partial charge in [-0.2, -0.15) is 0 Å². The lowest BCUT2D eigenvalue weighted by Gasteiger charge is -2.33. The molecule has 3 N–H and O–H groups in total. The summed E-state index contributed by atoms with van der Waals surface area (Å²) in [7, 11) is 3.16. The Morgan fingerprint density at radius 1 is 1.07 bits per heavy atom. The molecule has 1 saturated heterocycles. The highest BCUT2D eigenvalue weighted by Gasteiger charge is 2.26. The average molecular weight is 567 g/mol. The SMILES string of the molecule is CC.CNc1cccc(CC2CCN(c3ccc(CC(NC(=O)c4c(O)cccc4Cl)C(=O)OC)cc3)CC2)n1. The number of halogens is 1.